The fourth-order valence-corrected chi connectivity index (χ4v) is 2.66. The van der Waals surface area contributed by atoms with E-state index >= 15 is 0 Å². The van der Waals surface area contributed by atoms with E-state index in [2.05, 4.69) is 15.4 Å². The van der Waals surface area contributed by atoms with Crippen LogP contribution in [0.4, 0.5) is 5.82 Å². The number of nitrogens with zero attached hydrogens (tertiary/aromatic N) is 4. The molecule has 3 heterocycles. The Hall–Kier alpha value is -3.35. The van der Waals surface area contributed by atoms with Crippen LogP contribution in [0.5, 0.6) is 0 Å². The van der Waals surface area contributed by atoms with Crippen LogP contribution in [0.25, 0.3) is 16.9 Å². The van der Waals surface area contributed by atoms with Gasteiger partial charge >= 0.3 is 0 Å². The Labute approximate surface area is 145 Å². The third-order valence-corrected chi connectivity index (χ3v) is 3.88. The number of anilines is 1. The number of pyridine rings is 1. The molecule has 2 radical (unpaired) electrons. The molecule has 0 amide bonds. The molecule has 120 valence electrons. The van der Waals surface area contributed by atoms with Gasteiger partial charge in [0.15, 0.2) is 18.0 Å². The average Bonchev–Trinajstić information content (AvgIpc) is 3.02. The van der Waals surface area contributed by atoms with Gasteiger partial charge in [0.1, 0.15) is 13.7 Å². The lowest BCUT2D eigenvalue weighted by atomic mass is 10.0. The summed E-state index contributed by atoms with van der Waals surface area (Å²) in [5, 5.41) is 19.0. The predicted octanol–water partition coefficient (Wildman–Crippen LogP) is 1.44. The SMILES string of the molecule is [B]c1cnn2c(NCc3ccc[n+]([O-])c3)cc(-c3ccccc3)nc12. The summed E-state index contributed by atoms with van der Waals surface area (Å²) < 4.78 is 2.44. The van der Waals surface area contributed by atoms with Gasteiger partial charge in [0.05, 0.1) is 5.69 Å². The minimum Gasteiger partial charge on any atom is -0.619 e. The topological polar surface area (TPSA) is 69.2 Å². The Kier molecular flexibility index (Phi) is 3.82. The first-order valence-corrected chi connectivity index (χ1v) is 7.82. The molecule has 0 aliphatic carbocycles. The first-order valence-electron chi connectivity index (χ1n) is 7.82. The quantitative estimate of drug-likeness (QED) is 0.350. The van der Waals surface area contributed by atoms with Crippen molar-refractivity contribution < 1.29 is 4.73 Å². The standard InChI is InChI=1S/C18H14BN5O/c19-15-11-21-24-17(20-10-13-5-4-8-23(25)12-13)9-16(22-18(15)24)14-6-2-1-3-7-14/h1-9,11-12,20H,10H2. The summed E-state index contributed by atoms with van der Waals surface area (Å²) in [7, 11) is 6.00. The zero-order valence-electron chi connectivity index (χ0n) is 13.3. The highest BCUT2D eigenvalue weighted by molar-refractivity contribution is 6.36. The number of fused-ring (bicyclic) bond motifs is 1. The number of hydrogen-bond donors (Lipinski definition) is 1. The molecule has 0 unspecified atom stereocenters. The summed E-state index contributed by atoms with van der Waals surface area (Å²) in [4.78, 5) is 4.62. The molecular weight excluding hydrogens is 313 g/mol. The van der Waals surface area contributed by atoms with Gasteiger partial charge in [0.2, 0.25) is 0 Å². The lowest BCUT2D eigenvalue weighted by Gasteiger charge is -2.11. The van der Waals surface area contributed by atoms with Crippen LogP contribution in [0.2, 0.25) is 0 Å². The molecule has 0 spiro atoms. The van der Waals surface area contributed by atoms with Gasteiger partial charge in [-0.05, 0) is 11.5 Å². The minimum absolute atomic E-state index is 0.482. The largest absolute Gasteiger partial charge is 0.619 e. The normalized spacial score (nSPS) is 10.9. The second-order valence-electron chi connectivity index (χ2n) is 5.65. The van der Waals surface area contributed by atoms with Crippen molar-refractivity contribution in [1.82, 2.24) is 14.6 Å². The number of hydrogen-bond acceptors (Lipinski definition) is 4. The molecule has 0 saturated heterocycles. The van der Waals surface area contributed by atoms with E-state index in [4.69, 9.17) is 7.85 Å². The van der Waals surface area contributed by atoms with E-state index in [1.807, 2.05) is 42.5 Å². The maximum atomic E-state index is 11.4. The van der Waals surface area contributed by atoms with E-state index in [1.165, 1.54) is 12.4 Å². The molecule has 25 heavy (non-hydrogen) atoms. The Bertz CT molecular complexity index is 1030. The fraction of sp³-hybridized carbons (Fsp3) is 0.0556. The molecule has 1 N–H and O–H groups in total. The third kappa shape index (κ3) is 3.04. The molecule has 7 heteroatoms. The second kappa shape index (κ2) is 6.28. The summed E-state index contributed by atoms with van der Waals surface area (Å²) >= 11 is 0. The third-order valence-electron chi connectivity index (χ3n) is 3.88. The summed E-state index contributed by atoms with van der Waals surface area (Å²) in [6, 6.07) is 15.4. The van der Waals surface area contributed by atoms with Crippen LogP contribution in [-0.2, 0) is 6.54 Å². The molecule has 3 aromatic heterocycles. The second-order valence-corrected chi connectivity index (χ2v) is 5.65. The number of aromatic nitrogens is 4. The zero-order chi connectivity index (χ0) is 17.2. The summed E-state index contributed by atoms with van der Waals surface area (Å²) in [6.45, 7) is 0.482. The van der Waals surface area contributed by atoms with Crippen molar-refractivity contribution in [3.63, 3.8) is 0 Å². The van der Waals surface area contributed by atoms with Crippen LogP contribution < -0.4 is 15.5 Å². The van der Waals surface area contributed by atoms with E-state index in [9.17, 15) is 5.21 Å². The molecule has 0 aliphatic heterocycles. The number of benzene rings is 1. The maximum Gasteiger partial charge on any atom is 0.185 e. The van der Waals surface area contributed by atoms with Crippen LogP contribution in [0.3, 0.4) is 0 Å². The van der Waals surface area contributed by atoms with E-state index in [0.29, 0.717) is 17.7 Å². The van der Waals surface area contributed by atoms with Crippen LogP contribution in [0.15, 0.2) is 67.1 Å². The lowest BCUT2D eigenvalue weighted by molar-refractivity contribution is -0.605. The smallest absolute Gasteiger partial charge is 0.185 e. The predicted molar refractivity (Wildman–Crippen MR) is 96.5 cm³/mol. The molecule has 0 bridgehead atoms. The molecule has 0 saturated carbocycles. The minimum atomic E-state index is 0.482. The fourth-order valence-electron chi connectivity index (χ4n) is 2.66. The van der Waals surface area contributed by atoms with E-state index < -0.39 is 0 Å². The van der Waals surface area contributed by atoms with Crippen molar-refractivity contribution in [3.8, 4) is 11.3 Å². The molecule has 1 aromatic carbocycles. The summed E-state index contributed by atoms with van der Waals surface area (Å²) in [6.07, 6.45) is 4.56. The Morgan fingerprint density at radius 1 is 1.16 bits per heavy atom. The number of nitrogens with one attached hydrogen (secondary N) is 1. The van der Waals surface area contributed by atoms with Gasteiger partial charge in [0, 0.05) is 36.0 Å². The lowest BCUT2D eigenvalue weighted by Crippen LogP contribution is -2.25. The molecule has 4 rings (SSSR count). The van der Waals surface area contributed by atoms with Gasteiger partial charge in [-0.2, -0.15) is 14.3 Å². The first-order chi connectivity index (χ1) is 12.2. The molecule has 0 fully saturated rings. The van der Waals surface area contributed by atoms with Gasteiger partial charge in [-0.15, -0.1) is 0 Å². The van der Waals surface area contributed by atoms with Crippen molar-refractivity contribution in [1.29, 1.82) is 0 Å². The Morgan fingerprint density at radius 3 is 2.80 bits per heavy atom. The maximum absolute atomic E-state index is 11.4. The Morgan fingerprint density at radius 2 is 2.00 bits per heavy atom. The van der Waals surface area contributed by atoms with Gasteiger partial charge in [0.25, 0.3) is 0 Å². The average molecular weight is 327 g/mol. The molecule has 4 aromatic rings. The molecule has 0 atom stereocenters. The molecule has 0 aliphatic rings. The molecular formula is C18H14BN5O. The molecule has 6 nitrogen and oxygen atoms in total. The van der Waals surface area contributed by atoms with E-state index in [1.54, 1.807) is 16.8 Å². The summed E-state index contributed by atoms with van der Waals surface area (Å²) in [5.41, 5.74) is 3.76. The van der Waals surface area contributed by atoms with Gasteiger partial charge < -0.3 is 10.5 Å². The monoisotopic (exact) mass is 327 g/mol. The van der Waals surface area contributed by atoms with Crippen LogP contribution in [-0.4, -0.2) is 22.4 Å². The Balaban J connectivity index is 1.74. The van der Waals surface area contributed by atoms with Crippen LogP contribution in [0.1, 0.15) is 5.56 Å². The summed E-state index contributed by atoms with van der Waals surface area (Å²) in [5.74, 6) is 0.752. The van der Waals surface area contributed by atoms with Gasteiger partial charge in [-0.3, -0.25) is 0 Å². The van der Waals surface area contributed by atoms with E-state index in [-0.39, 0.29) is 0 Å². The highest BCUT2D eigenvalue weighted by atomic mass is 16.5. The number of rotatable bonds is 4. The van der Waals surface area contributed by atoms with Crippen molar-refractivity contribution in [2.24, 2.45) is 0 Å². The van der Waals surface area contributed by atoms with E-state index in [0.717, 1.165) is 27.4 Å². The highest BCUT2D eigenvalue weighted by Crippen LogP contribution is 2.21. The van der Waals surface area contributed by atoms with Crippen LogP contribution in [0, 0.1) is 5.21 Å². The first kappa shape index (κ1) is 15.2. The van der Waals surface area contributed by atoms with Crippen LogP contribution >= 0.6 is 0 Å². The van der Waals surface area contributed by atoms with Crippen molar-refractivity contribution in [2.45, 2.75) is 6.54 Å². The van der Waals surface area contributed by atoms with Crippen molar-refractivity contribution in [3.05, 3.63) is 77.9 Å². The van der Waals surface area contributed by atoms with Gasteiger partial charge in [-0.25, -0.2) is 4.98 Å². The highest BCUT2D eigenvalue weighted by Gasteiger charge is 2.10. The van der Waals surface area contributed by atoms with Crippen molar-refractivity contribution >= 4 is 24.8 Å². The van der Waals surface area contributed by atoms with Crippen molar-refractivity contribution in [2.75, 3.05) is 5.32 Å². The van der Waals surface area contributed by atoms with Gasteiger partial charge in [-0.1, -0.05) is 30.3 Å². The zero-order valence-corrected chi connectivity index (χ0v) is 13.3.